The highest BCUT2D eigenvalue weighted by Gasteiger charge is 2.44. The van der Waals surface area contributed by atoms with Gasteiger partial charge in [-0.3, -0.25) is 5.32 Å². The van der Waals surface area contributed by atoms with Crippen LogP contribution in [0.1, 0.15) is 26.7 Å². The maximum atomic E-state index is 3.79. The van der Waals surface area contributed by atoms with Crippen molar-refractivity contribution in [2.45, 2.75) is 37.6 Å². The van der Waals surface area contributed by atoms with Crippen molar-refractivity contribution in [1.29, 1.82) is 0 Å². The van der Waals surface area contributed by atoms with Gasteiger partial charge in [0.25, 0.3) is 0 Å². The first-order valence-corrected chi connectivity index (χ1v) is 6.38. The Bertz CT molecular complexity index is 182. The summed E-state index contributed by atoms with van der Waals surface area (Å²) in [5, 5.41) is 7.29. The fourth-order valence-electron chi connectivity index (χ4n) is 2.55. The van der Waals surface area contributed by atoms with E-state index in [9.17, 15) is 0 Å². The molecule has 2 fully saturated rings. The third-order valence-electron chi connectivity index (χ3n) is 3.30. The third-order valence-corrected chi connectivity index (χ3v) is 5.13. The highest BCUT2D eigenvalue weighted by Crippen LogP contribution is 2.42. The lowest BCUT2D eigenvalue weighted by Gasteiger charge is -2.41. The second-order valence-electron chi connectivity index (χ2n) is 4.31. The maximum absolute atomic E-state index is 3.79. The average Bonchev–Trinajstić information content (AvgIpc) is 2.49. The Morgan fingerprint density at radius 1 is 1.54 bits per heavy atom. The van der Waals surface area contributed by atoms with Crippen LogP contribution in [0.25, 0.3) is 0 Å². The van der Waals surface area contributed by atoms with E-state index in [1.54, 1.807) is 0 Å². The topological polar surface area (TPSA) is 24.1 Å². The van der Waals surface area contributed by atoms with Crippen molar-refractivity contribution in [2.24, 2.45) is 5.92 Å². The minimum atomic E-state index is 0.416. The van der Waals surface area contributed by atoms with E-state index in [1.807, 2.05) is 0 Å². The molecule has 76 valence electrons. The van der Waals surface area contributed by atoms with E-state index in [1.165, 1.54) is 31.7 Å². The van der Waals surface area contributed by atoms with Crippen molar-refractivity contribution in [2.75, 3.05) is 18.8 Å². The molecule has 3 heteroatoms. The zero-order valence-electron chi connectivity index (χ0n) is 8.60. The fraction of sp³-hybridized carbons (Fsp3) is 1.00. The largest absolute Gasteiger partial charge is 0.316 e. The van der Waals surface area contributed by atoms with E-state index in [0.717, 1.165) is 5.92 Å². The highest BCUT2D eigenvalue weighted by atomic mass is 32.2. The molecule has 1 spiro atoms. The van der Waals surface area contributed by atoms with E-state index in [2.05, 4.69) is 36.2 Å². The summed E-state index contributed by atoms with van der Waals surface area (Å²) in [5.74, 6) is 2.10. The standard InChI is InChI=1S/C10H20N2S/c1-3-9-6-11-5-4-10(9)12-8(2)7-13-10/h8-9,11-12H,3-7H2,1-2H3. The van der Waals surface area contributed by atoms with Crippen LogP contribution in [0.5, 0.6) is 0 Å². The van der Waals surface area contributed by atoms with E-state index in [0.29, 0.717) is 10.9 Å². The monoisotopic (exact) mass is 200 g/mol. The first-order valence-electron chi connectivity index (χ1n) is 5.39. The molecule has 0 aromatic rings. The average molecular weight is 200 g/mol. The molecule has 0 bridgehead atoms. The van der Waals surface area contributed by atoms with Gasteiger partial charge in [-0.15, -0.1) is 11.8 Å². The van der Waals surface area contributed by atoms with Crippen molar-refractivity contribution < 1.29 is 0 Å². The summed E-state index contributed by atoms with van der Waals surface area (Å²) in [6.07, 6.45) is 2.58. The Kier molecular flexibility index (Phi) is 2.86. The van der Waals surface area contributed by atoms with E-state index in [4.69, 9.17) is 0 Å². The molecule has 3 atom stereocenters. The molecular weight excluding hydrogens is 180 g/mol. The van der Waals surface area contributed by atoms with Crippen LogP contribution in [-0.4, -0.2) is 29.8 Å². The first-order chi connectivity index (χ1) is 6.27. The molecule has 13 heavy (non-hydrogen) atoms. The van der Waals surface area contributed by atoms with Gasteiger partial charge in [0, 0.05) is 18.3 Å². The number of hydrogen-bond acceptors (Lipinski definition) is 3. The summed E-state index contributed by atoms with van der Waals surface area (Å²) in [6, 6.07) is 0.706. The van der Waals surface area contributed by atoms with Gasteiger partial charge in [-0.2, -0.15) is 0 Å². The summed E-state index contributed by atoms with van der Waals surface area (Å²) in [7, 11) is 0. The predicted octanol–water partition coefficient (Wildman–Crippen LogP) is 1.43. The normalized spacial score (nSPS) is 45.7. The van der Waals surface area contributed by atoms with Crippen LogP contribution in [0.15, 0.2) is 0 Å². The molecule has 2 aliphatic rings. The lowest BCUT2D eigenvalue weighted by Crippen LogP contribution is -2.55. The second kappa shape index (κ2) is 3.79. The van der Waals surface area contributed by atoms with Gasteiger partial charge in [0.1, 0.15) is 0 Å². The Morgan fingerprint density at radius 2 is 2.38 bits per heavy atom. The molecular formula is C10H20N2S. The summed E-state index contributed by atoms with van der Waals surface area (Å²) in [6.45, 7) is 6.99. The van der Waals surface area contributed by atoms with Crippen molar-refractivity contribution in [3.05, 3.63) is 0 Å². The van der Waals surface area contributed by atoms with Crippen LogP contribution >= 0.6 is 11.8 Å². The molecule has 2 saturated heterocycles. The van der Waals surface area contributed by atoms with Gasteiger partial charge in [-0.25, -0.2) is 0 Å². The number of thioether (sulfide) groups is 1. The minimum Gasteiger partial charge on any atom is -0.316 e. The Balaban J connectivity index is 2.08. The highest BCUT2D eigenvalue weighted by molar-refractivity contribution is 8.00. The van der Waals surface area contributed by atoms with Gasteiger partial charge in [-0.1, -0.05) is 6.92 Å². The zero-order valence-corrected chi connectivity index (χ0v) is 9.41. The molecule has 3 unspecified atom stereocenters. The van der Waals surface area contributed by atoms with Gasteiger partial charge >= 0.3 is 0 Å². The van der Waals surface area contributed by atoms with Crippen molar-refractivity contribution in [3.8, 4) is 0 Å². The van der Waals surface area contributed by atoms with E-state index in [-0.39, 0.29) is 0 Å². The van der Waals surface area contributed by atoms with Crippen LogP contribution in [0, 0.1) is 5.92 Å². The summed E-state index contributed by atoms with van der Waals surface area (Å²) >= 11 is 2.16. The molecule has 2 N–H and O–H groups in total. The Morgan fingerprint density at radius 3 is 3.00 bits per heavy atom. The smallest absolute Gasteiger partial charge is 0.0700 e. The quantitative estimate of drug-likeness (QED) is 0.669. The number of piperidine rings is 1. The molecule has 2 heterocycles. The minimum absolute atomic E-state index is 0.416. The Labute approximate surface area is 85.2 Å². The first kappa shape index (κ1) is 9.81. The molecule has 2 aliphatic heterocycles. The van der Waals surface area contributed by atoms with Crippen molar-refractivity contribution in [1.82, 2.24) is 10.6 Å². The molecule has 0 saturated carbocycles. The van der Waals surface area contributed by atoms with Crippen LogP contribution in [0.3, 0.4) is 0 Å². The third kappa shape index (κ3) is 1.74. The molecule has 0 amide bonds. The summed E-state index contributed by atoms with van der Waals surface area (Å²) in [5.41, 5.74) is 0. The van der Waals surface area contributed by atoms with Gasteiger partial charge in [-0.05, 0) is 32.2 Å². The molecule has 0 aromatic heterocycles. The predicted molar refractivity (Wildman–Crippen MR) is 59.1 cm³/mol. The molecule has 0 aliphatic carbocycles. The second-order valence-corrected chi connectivity index (χ2v) is 5.66. The molecule has 0 aromatic carbocycles. The maximum Gasteiger partial charge on any atom is 0.0700 e. The lowest BCUT2D eigenvalue weighted by molar-refractivity contribution is 0.240. The number of hydrogen-bond donors (Lipinski definition) is 2. The van der Waals surface area contributed by atoms with Gasteiger partial charge < -0.3 is 5.32 Å². The molecule has 2 nitrogen and oxygen atoms in total. The number of rotatable bonds is 1. The van der Waals surface area contributed by atoms with Gasteiger partial charge in [0.05, 0.1) is 4.87 Å². The fourth-order valence-corrected chi connectivity index (χ4v) is 4.19. The van der Waals surface area contributed by atoms with E-state index < -0.39 is 0 Å². The molecule has 0 radical (unpaired) electrons. The van der Waals surface area contributed by atoms with Gasteiger partial charge in [0.2, 0.25) is 0 Å². The van der Waals surface area contributed by atoms with E-state index >= 15 is 0 Å². The van der Waals surface area contributed by atoms with Crippen LogP contribution in [0.2, 0.25) is 0 Å². The Hall–Kier alpha value is 0.270. The van der Waals surface area contributed by atoms with Crippen LogP contribution in [0.4, 0.5) is 0 Å². The SMILES string of the molecule is CCC1CNCCC12NC(C)CS2. The summed E-state index contributed by atoms with van der Waals surface area (Å²) < 4.78 is 0. The van der Waals surface area contributed by atoms with Crippen molar-refractivity contribution in [3.63, 3.8) is 0 Å². The summed E-state index contributed by atoms with van der Waals surface area (Å²) in [4.78, 5) is 0.416. The van der Waals surface area contributed by atoms with Crippen molar-refractivity contribution >= 4 is 11.8 Å². The zero-order chi connectivity index (χ0) is 9.31. The number of nitrogens with one attached hydrogen (secondary N) is 2. The lowest BCUT2D eigenvalue weighted by atomic mass is 9.90. The van der Waals surface area contributed by atoms with Crippen LogP contribution < -0.4 is 10.6 Å². The van der Waals surface area contributed by atoms with Gasteiger partial charge in [0.15, 0.2) is 0 Å². The van der Waals surface area contributed by atoms with Crippen LogP contribution in [-0.2, 0) is 0 Å². The molecule has 2 rings (SSSR count).